The van der Waals surface area contributed by atoms with Crippen molar-refractivity contribution >= 4 is 29.1 Å². The van der Waals surface area contributed by atoms with E-state index in [0.717, 1.165) is 94.3 Å². The van der Waals surface area contributed by atoms with E-state index in [-0.39, 0.29) is 35.8 Å². The SMILES string of the molecule is N#Cc1ccc(N2CCC(C3=CC=C(OC4CC(CCN5CCN(c6ccc7c(c6)CN(C6CCC(=O)NC6=O)C7=O)CC5)C4)CC3)CC2)cc1C(F)(F)F. The minimum Gasteiger partial charge on any atom is -0.495 e. The van der Waals surface area contributed by atoms with E-state index in [0.29, 0.717) is 49.1 Å². The molecule has 2 aromatic carbocycles. The van der Waals surface area contributed by atoms with E-state index in [4.69, 9.17) is 10.00 Å². The van der Waals surface area contributed by atoms with Crippen LogP contribution in [0.15, 0.2) is 59.9 Å². The van der Waals surface area contributed by atoms with Gasteiger partial charge in [0.05, 0.1) is 29.1 Å². The second-order valence-electron chi connectivity index (χ2n) is 15.9. The van der Waals surface area contributed by atoms with E-state index in [1.165, 1.54) is 18.1 Å². The summed E-state index contributed by atoms with van der Waals surface area (Å²) in [5.74, 6) is 1.33. The maximum atomic E-state index is 13.5. The molecule has 2 aromatic rings. The largest absolute Gasteiger partial charge is 0.495 e. The van der Waals surface area contributed by atoms with Crippen molar-refractivity contribution in [1.29, 1.82) is 5.26 Å². The smallest absolute Gasteiger partial charge is 0.417 e. The van der Waals surface area contributed by atoms with Crippen molar-refractivity contribution in [3.63, 3.8) is 0 Å². The fourth-order valence-electron chi connectivity index (χ4n) is 9.21. The van der Waals surface area contributed by atoms with Crippen molar-refractivity contribution in [2.45, 2.75) is 82.7 Å². The summed E-state index contributed by atoms with van der Waals surface area (Å²) in [5.41, 5.74) is 3.39. The number of amides is 3. The molecule has 3 amide bonds. The molecule has 2 aliphatic carbocycles. The lowest BCUT2D eigenvalue weighted by atomic mass is 9.79. The lowest BCUT2D eigenvalue weighted by molar-refractivity contribution is -0.138. The van der Waals surface area contributed by atoms with E-state index in [1.807, 2.05) is 17.0 Å². The van der Waals surface area contributed by atoms with Crippen LogP contribution in [0.1, 0.15) is 84.8 Å². The third-order valence-electron chi connectivity index (χ3n) is 12.6. The Bertz CT molecular complexity index is 1930. The molecule has 1 atom stereocenters. The molecule has 1 unspecified atom stereocenters. The maximum absolute atomic E-state index is 13.5. The zero-order valence-corrected chi connectivity index (χ0v) is 31.0. The van der Waals surface area contributed by atoms with Crippen LogP contribution in [0.2, 0.25) is 0 Å². The first kappa shape index (κ1) is 37.1. The summed E-state index contributed by atoms with van der Waals surface area (Å²) >= 11 is 0. The number of rotatable bonds is 9. The van der Waals surface area contributed by atoms with Crippen LogP contribution in [0, 0.1) is 23.2 Å². The molecule has 0 bridgehead atoms. The van der Waals surface area contributed by atoms with E-state index in [2.05, 4.69) is 33.3 Å². The number of alkyl halides is 3. The molecule has 13 heteroatoms. The van der Waals surface area contributed by atoms with Gasteiger partial charge in [-0.15, -0.1) is 0 Å². The Balaban J connectivity index is 0.734. The zero-order valence-electron chi connectivity index (χ0n) is 31.0. The van der Waals surface area contributed by atoms with Gasteiger partial charge in [-0.2, -0.15) is 18.4 Å². The molecule has 4 fully saturated rings. The fourth-order valence-corrected chi connectivity index (χ4v) is 9.21. The van der Waals surface area contributed by atoms with Gasteiger partial charge in [-0.05, 0) is 111 Å². The number of anilines is 2. The molecular formula is C42H47F3N6O4. The number of halogens is 3. The molecule has 10 nitrogen and oxygen atoms in total. The lowest BCUT2D eigenvalue weighted by Crippen LogP contribution is -2.52. The van der Waals surface area contributed by atoms with Gasteiger partial charge in [-0.3, -0.25) is 24.6 Å². The fraction of sp³-hybridized carbons (Fsp3) is 0.524. The third kappa shape index (κ3) is 7.97. The summed E-state index contributed by atoms with van der Waals surface area (Å²) in [7, 11) is 0. The minimum atomic E-state index is -4.55. The predicted molar refractivity (Wildman–Crippen MR) is 200 cm³/mol. The number of ether oxygens (including phenoxy) is 1. The van der Waals surface area contributed by atoms with Gasteiger partial charge in [0.15, 0.2) is 0 Å². The number of carbonyl (C=O) groups is 3. The van der Waals surface area contributed by atoms with Crippen LogP contribution in [0.3, 0.4) is 0 Å². The first-order chi connectivity index (χ1) is 26.5. The Labute approximate surface area is 319 Å². The van der Waals surface area contributed by atoms with Gasteiger partial charge in [0.1, 0.15) is 6.04 Å². The van der Waals surface area contributed by atoms with Crippen molar-refractivity contribution in [2.75, 3.05) is 55.6 Å². The Hall–Kier alpha value is -4.83. The number of hydrogen-bond donors (Lipinski definition) is 1. The van der Waals surface area contributed by atoms with Crippen LogP contribution in [0.4, 0.5) is 24.5 Å². The highest BCUT2D eigenvalue weighted by Crippen LogP contribution is 2.39. The second-order valence-corrected chi connectivity index (χ2v) is 15.9. The normalized spacial score (nSPS) is 25.2. The first-order valence-corrected chi connectivity index (χ1v) is 19.7. The van der Waals surface area contributed by atoms with E-state index < -0.39 is 17.8 Å². The van der Waals surface area contributed by atoms with Gasteiger partial charge in [-0.1, -0.05) is 11.6 Å². The number of nitrogens with one attached hydrogen (secondary N) is 1. The zero-order chi connectivity index (χ0) is 38.3. The monoisotopic (exact) mass is 756 g/mol. The number of imide groups is 1. The topological polar surface area (TPSA) is 109 Å². The Morgan fingerprint density at radius 2 is 1.58 bits per heavy atom. The summed E-state index contributed by atoms with van der Waals surface area (Å²) in [6, 6.07) is 11.1. The van der Waals surface area contributed by atoms with Crippen molar-refractivity contribution in [1.82, 2.24) is 15.1 Å². The van der Waals surface area contributed by atoms with Gasteiger partial charge < -0.3 is 19.4 Å². The van der Waals surface area contributed by atoms with Gasteiger partial charge in [0, 0.05) is 75.6 Å². The first-order valence-electron chi connectivity index (χ1n) is 19.7. The van der Waals surface area contributed by atoms with E-state index >= 15 is 0 Å². The number of nitrogens with zero attached hydrogens (tertiary/aromatic N) is 5. The van der Waals surface area contributed by atoms with Gasteiger partial charge in [-0.25, -0.2) is 0 Å². The number of piperazine rings is 1. The molecule has 3 saturated heterocycles. The molecular weight excluding hydrogens is 709 g/mol. The van der Waals surface area contributed by atoms with Gasteiger partial charge in [0.25, 0.3) is 5.91 Å². The minimum absolute atomic E-state index is 0.143. The highest BCUT2D eigenvalue weighted by Gasteiger charge is 2.40. The highest BCUT2D eigenvalue weighted by molar-refractivity contribution is 6.05. The van der Waals surface area contributed by atoms with E-state index in [9.17, 15) is 27.6 Å². The Kier molecular flexibility index (Phi) is 10.4. The van der Waals surface area contributed by atoms with Gasteiger partial charge >= 0.3 is 6.18 Å². The van der Waals surface area contributed by atoms with Crippen molar-refractivity contribution < 1.29 is 32.3 Å². The van der Waals surface area contributed by atoms with Crippen LogP contribution < -0.4 is 15.1 Å². The maximum Gasteiger partial charge on any atom is 0.417 e. The number of piperidine rings is 2. The van der Waals surface area contributed by atoms with Crippen LogP contribution in [-0.2, 0) is 27.0 Å². The van der Waals surface area contributed by atoms with Crippen LogP contribution >= 0.6 is 0 Å². The molecule has 4 heterocycles. The molecule has 0 radical (unpaired) electrons. The summed E-state index contributed by atoms with van der Waals surface area (Å²) in [5, 5.41) is 11.5. The molecule has 290 valence electrons. The molecule has 1 saturated carbocycles. The number of fused-ring (bicyclic) bond motifs is 1. The lowest BCUT2D eigenvalue weighted by Gasteiger charge is -2.40. The molecule has 8 rings (SSSR count). The number of carbonyl (C=O) groups excluding carboxylic acids is 3. The molecule has 1 N–H and O–H groups in total. The van der Waals surface area contributed by atoms with Crippen molar-refractivity contribution in [3.05, 3.63) is 82.1 Å². The van der Waals surface area contributed by atoms with Crippen molar-refractivity contribution in [3.8, 4) is 6.07 Å². The molecule has 4 aliphatic heterocycles. The number of hydrogen-bond acceptors (Lipinski definition) is 8. The van der Waals surface area contributed by atoms with Crippen molar-refractivity contribution in [2.24, 2.45) is 11.8 Å². The Morgan fingerprint density at radius 1 is 0.855 bits per heavy atom. The van der Waals surface area contributed by atoms with Crippen LogP contribution in [0.25, 0.3) is 0 Å². The summed E-state index contributed by atoms with van der Waals surface area (Å²) in [4.78, 5) is 45.6. The molecule has 55 heavy (non-hydrogen) atoms. The molecule has 6 aliphatic rings. The summed E-state index contributed by atoms with van der Waals surface area (Å²) in [6.45, 7) is 6.64. The quantitative estimate of drug-likeness (QED) is 0.303. The summed E-state index contributed by atoms with van der Waals surface area (Å²) in [6.07, 6.45) is 7.62. The number of nitriles is 1. The molecule has 0 aromatic heterocycles. The number of allylic oxidation sites excluding steroid dienone is 4. The Morgan fingerprint density at radius 3 is 2.27 bits per heavy atom. The number of benzene rings is 2. The average molecular weight is 757 g/mol. The van der Waals surface area contributed by atoms with Crippen LogP contribution in [0.5, 0.6) is 0 Å². The van der Waals surface area contributed by atoms with Gasteiger partial charge in [0.2, 0.25) is 11.8 Å². The second kappa shape index (κ2) is 15.4. The predicted octanol–water partition coefficient (Wildman–Crippen LogP) is 6.17. The summed E-state index contributed by atoms with van der Waals surface area (Å²) < 4.78 is 46.8. The highest BCUT2D eigenvalue weighted by atomic mass is 19.4. The standard InChI is InChI=1S/C42H47F3N6O4/c43-42(44,45)37-24-33(4-1-30(37)25-46)49-15-12-29(13-16-49)28-2-6-34(7-3-28)55-35-21-27(22-35)11-14-48-17-19-50(20-18-48)32-5-8-36-31(23-32)26-51(41(36)54)38-9-10-39(52)47-40(38)53/h1-2,4-6,8,23-24,27,29,35,38H,3,7,9-22,26H2,(H,47,52,53). The van der Waals surface area contributed by atoms with Crippen LogP contribution in [-0.4, -0.2) is 85.5 Å². The molecule has 0 spiro atoms. The third-order valence-corrected chi connectivity index (χ3v) is 12.6. The average Bonchev–Trinajstić information content (AvgIpc) is 3.50. The van der Waals surface area contributed by atoms with E-state index in [1.54, 1.807) is 17.0 Å².